The van der Waals surface area contributed by atoms with Crippen LogP contribution < -0.4 is 0 Å². The molecule has 0 unspecified atom stereocenters. The average Bonchev–Trinajstić information content (AvgIpc) is 2.00. The summed E-state index contributed by atoms with van der Waals surface area (Å²) in [5.41, 5.74) is 2.96. The monoisotopic (exact) mass is 278 g/mol. The highest BCUT2D eigenvalue weighted by Crippen LogP contribution is 2.07. The summed E-state index contributed by atoms with van der Waals surface area (Å²) in [4.78, 5) is 0. The van der Waals surface area contributed by atoms with Gasteiger partial charge in [-0.15, -0.1) is 0 Å². The highest BCUT2D eigenvalue weighted by atomic mass is 127. The predicted octanol–water partition coefficient (Wildman–Crippen LogP) is 4.50. The van der Waals surface area contributed by atoms with Gasteiger partial charge in [-0.1, -0.05) is 45.9 Å². The van der Waals surface area contributed by atoms with E-state index in [4.69, 9.17) is 0 Å². The Hall–Kier alpha value is 0.210. The van der Waals surface area contributed by atoms with Crippen molar-refractivity contribution in [3.8, 4) is 0 Å². The zero-order valence-corrected chi connectivity index (χ0v) is 10.5. The van der Waals surface area contributed by atoms with E-state index in [2.05, 4.69) is 55.5 Å². The summed E-state index contributed by atoms with van der Waals surface area (Å²) >= 11 is 2.41. The Morgan fingerprint density at radius 3 is 2.25 bits per heavy atom. The van der Waals surface area contributed by atoms with Crippen molar-refractivity contribution >= 4 is 22.6 Å². The third-order valence-corrected chi connectivity index (χ3v) is 2.32. The largest absolute Gasteiger partial charge is 0.0860 e. The van der Waals surface area contributed by atoms with E-state index in [1.54, 1.807) is 0 Å². The summed E-state index contributed by atoms with van der Waals surface area (Å²) in [5, 5.41) is 0. The second kappa shape index (κ2) is 7.84. The van der Waals surface area contributed by atoms with Crippen LogP contribution in [0.4, 0.5) is 0 Å². The summed E-state index contributed by atoms with van der Waals surface area (Å²) in [6, 6.07) is 0. The summed E-state index contributed by atoms with van der Waals surface area (Å²) in [7, 11) is 0. The molecule has 0 spiro atoms. The predicted molar refractivity (Wildman–Crippen MR) is 65.9 cm³/mol. The topological polar surface area (TPSA) is 0 Å². The molecule has 70 valence electrons. The van der Waals surface area contributed by atoms with Crippen molar-refractivity contribution in [2.45, 2.75) is 40.0 Å². The van der Waals surface area contributed by atoms with Crippen LogP contribution in [0.2, 0.25) is 0 Å². The van der Waals surface area contributed by atoms with E-state index >= 15 is 0 Å². The van der Waals surface area contributed by atoms with E-state index in [0.717, 1.165) is 0 Å². The first-order valence-electron chi connectivity index (χ1n) is 4.51. The van der Waals surface area contributed by atoms with Gasteiger partial charge in [0.25, 0.3) is 0 Å². The minimum Gasteiger partial charge on any atom is -0.0860 e. The smallest absolute Gasteiger partial charge is 0.00300 e. The number of hydrogen-bond acceptors (Lipinski definition) is 0. The zero-order chi connectivity index (χ0) is 9.40. The number of halogens is 1. The minimum atomic E-state index is 1.20. The molecular weight excluding hydrogens is 259 g/mol. The molecule has 0 heterocycles. The molecule has 1 heteroatoms. The zero-order valence-electron chi connectivity index (χ0n) is 8.36. The van der Waals surface area contributed by atoms with Gasteiger partial charge in [0.1, 0.15) is 0 Å². The third kappa shape index (κ3) is 8.31. The van der Waals surface area contributed by atoms with Gasteiger partial charge in [0.15, 0.2) is 0 Å². The maximum absolute atomic E-state index is 2.41. The van der Waals surface area contributed by atoms with Crippen LogP contribution in [-0.4, -0.2) is 4.43 Å². The maximum Gasteiger partial charge on any atom is 0.00300 e. The first-order valence-corrected chi connectivity index (χ1v) is 6.04. The van der Waals surface area contributed by atoms with Crippen molar-refractivity contribution in [1.82, 2.24) is 0 Å². The molecule has 0 bridgehead atoms. The quantitative estimate of drug-likeness (QED) is 0.394. The highest BCUT2D eigenvalue weighted by molar-refractivity contribution is 14.1. The van der Waals surface area contributed by atoms with Crippen molar-refractivity contribution in [3.05, 3.63) is 23.3 Å². The van der Waals surface area contributed by atoms with Gasteiger partial charge in [0, 0.05) is 4.43 Å². The molecule has 0 fully saturated rings. The van der Waals surface area contributed by atoms with E-state index in [1.165, 1.54) is 34.8 Å². The van der Waals surface area contributed by atoms with Gasteiger partial charge in [0.05, 0.1) is 0 Å². The van der Waals surface area contributed by atoms with E-state index < -0.39 is 0 Å². The van der Waals surface area contributed by atoms with Gasteiger partial charge in [-0.3, -0.25) is 0 Å². The molecule has 0 aromatic heterocycles. The molecule has 0 aliphatic carbocycles. The van der Waals surface area contributed by atoms with E-state index in [0.29, 0.717) is 0 Å². The van der Waals surface area contributed by atoms with Crippen molar-refractivity contribution in [3.63, 3.8) is 0 Å². The number of allylic oxidation sites excluding steroid dienone is 4. The first kappa shape index (κ1) is 12.2. The molecule has 0 saturated heterocycles. The van der Waals surface area contributed by atoms with Gasteiger partial charge in [0.2, 0.25) is 0 Å². The highest BCUT2D eigenvalue weighted by Gasteiger charge is 1.87. The molecule has 0 atom stereocenters. The molecule has 0 nitrogen and oxygen atoms in total. The van der Waals surface area contributed by atoms with Gasteiger partial charge in [-0.25, -0.2) is 0 Å². The Bertz CT molecular complexity index is 162. The van der Waals surface area contributed by atoms with Crippen LogP contribution in [0.3, 0.4) is 0 Å². The average molecular weight is 278 g/mol. The Labute approximate surface area is 90.3 Å². The van der Waals surface area contributed by atoms with Crippen LogP contribution in [-0.2, 0) is 0 Å². The second-order valence-electron chi connectivity index (χ2n) is 3.35. The van der Waals surface area contributed by atoms with Crippen molar-refractivity contribution in [2.75, 3.05) is 4.43 Å². The van der Waals surface area contributed by atoms with E-state index in [1.807, 2.05) is 0 Å². The SMILES string of the molecule is CC(C)=CCC/C(C)=C/CCI. The summed E-state index contributed by atoms with van der Waals surface area (Å²) in [5.74, 6) is 0. The number of hydrogen-bond donors (Lipinski definition) is 0. The lowest BCUT2D eigenvalue weighted by molar-refractivity contribution is 0.954. The molecule has 0 aliphatic rings. The molecule has 0 aromatic carbocycles. The van der Waals surface area contributed by atoms with Crippen molar-refractivity contribution in [2.24, 2.45) is 0 Å². The first-order chi connectivity index (χ1) is 5.66. The summed E-state index contributed by atoms with van der Waals surface area (Å²) in [6.45, 7) is 6.54. The lowest BCUT2D eigenvalue weighted by Crippen LogP contribution is -1.78. The maximum atomic E-state index is 2.41. The Morgan fingerprint density at radius 2 is 1.75 bits per heavy atom. The molecule has 0 aliphatic heterocycles. The van der Waals surface area contributed by atoms with Crippen molar-refractivity contribution < 1.29 is 0 Å². The van der Waals surface area contributed by atoms with E-state index in [-0.39, 0.29) is 0 Å². The van der Waals surface area contributed by atoms with E-state index in [9.17, 15) is 0 Å². The molecule has 0 amide bonds. The molecule has 0 saturated carbocycles. The van der Waals surface area contributed by atoms with Gasteiger partial charge in [-0.05, 0) is 40.0 Å². The molecule has 12 heavy (non-hydrogen) atoms. The normalized spacial score (nSPS) is 11.5. The Balaban J connectivity index is 3.56. The van der Waals surface area contributed by atoms with Crippen LogP contribution in [0.25, 0.3) is 0 Å². The molecule has 0 N–H and O–H groups in total. The standard InChI is InChI=1S/C11H19I/c1-10(2)6-4-7-11(3)8-5-9-12/h6,8H,4-5,7,9H2,1-3H3/b11-8+. The van der Waals surface area contributed by atoms with Crippen LogP contribution in [0.5, 0.6) is 0 Å². The molecule has 0 rings (SSSR count). The molecular formula is C11H19I. The van der Waals surface area contributed by atoms with Gasteiger partial charge >= 0.3 is 0 Å². The minimum absolute atomic E-state index is 1.20. The lowest BCUT2D eigenvalue weighted by Gasteiger charge is -1.97. The fourth-order valence-electron chi connectivity index (χ4n) is 0.992. The lowest BCUT2D eigenvalue weighted by atomic mass is 10.1. The third-order valence-electron chi connectivity index (χ3n) is 1.69. The van der Waals surface area contributed by atoms with Crippen LogP contribution in [0.1, 0.15) is 40.0 Å². The fraction of sp³-hybridized carbons (Fsp3) is 0.636. The number of rotatable bonds is 5. The number of alkyl halides is 1. The molecule has 0 radical (unpaired) electrons. The van der Waals surface area contributed by atoms with Crippen LogP contribution in [0.15, 0.2) is 23.3 Å². The van der Waals surface area contributed by atoms with Crippen LogP contribution >= 0.6 is 22.6 Å². The van der Waals surface area contributed by atoms with Gasteiger partial charge < -0.3 is 0 Å². The Morgan fingerprint density at radius 1 is 1.08 bits per heavy atom. The van der Waals surface area contributed by atoms with Crippen molar-refractivity contribution in [1.29, 1.82) is 0 Å². The molecule has 0 aromatic rings. The summed E-state index contributed by atoms with van der Waals surface area (Å²) in [6.07, 6.45) is 8.31. The summed E-state index contributed by atoms with van der Waals surface area (Å²) < 4.78 is 1.23. The van der Waals surface area contributed by atoms with Gasteiger partial charge in [-0.2, -0.15) is 0 Å². The van der Waals surface area contributed by atoms with Crippen LogP contribution in [0, 0.1) is 0 Å². The second-order valence-corrected chi connectivity index (χ2v) is 4.43. The fourth-order valence-corrected chi connectivity index (χ4v) is 1.30. The Kier molecular flexibility index (Phi) is 7.98.